The Kier molecular flexibility index (Phi) is 5.08. The van der Waals surface area contributed by atoms with Gasteiger partial charge in [-0.15, -0.1) is 0 Å². The topological polar surface area (TPSA) is 70.2 Å². The van der Waals surface area contributed by atoms with Crippen LogP contribution in [0.5, 0.6) is 0 Å². The molecule has 2 N–H and O–H groups in total. The number of nitrogens with zero attached hydrogens (tertiary/aromatic N) is 2. The normalized spacial score (nSPS) is 19.0. The number of H-pyrrole nitrogens is 1. The number of amides is 1. The number of imidazole rings is 1. The second-order valence-corrected chi connectivity index (χ2v) is 7.40. The number of aromatic nitrogens is 2. The minimum absolute atomic E-state index is 0.0280. The van der Waals surface area contributed by atoms with Crippen LogP contribution in [0, 0.1) is 0 Å². The van der Waals surface area contributed by atoms with Crippen LogP contribution in [0.4, 0.5) is 4.79 Å². The summed E-state index contributed by atoms with van der Waals surface area (Å²) in [6.07, 6.45) is 4.23. The predicted octanol–water partition coefficient (Wildman–Crippen LogP) is 3.10. The van der Waals surface area contributed by atoms with Gasteiger partial charge < -0.3 is 14.6 Å². The average molecular weight is 342 g/mol. The minimum Gasteiger partial charge on any atom is -0.444 e. The molecule has 0 saturated carbocycles. The molecule has 0 aliphatic carbocycles. The first kappa shape index (κ1) is 17.5. The number of aromatic amines is 1. The first-order chi connectivity index (χ1) is 11.9. The molecule has 6 heteroatoms. The van der Waals surface area contributed by atoms with Gasteiger partial charge in [-0.1, -0.05) is 30.3 Å². The van der Waals surface area contributed by atoms with Crippen LogP contribution in [-0.2, 0) is 4.74 Å². The molecule has 2 atom stereocenters. The average Bonchev–Trinajstić information content (AvgIpc) is 3.23. The summed E-state index contributed by atoms with van der Waals surface area (Å²) >= 11 is 0. The Morgan fingerprint density at radius 2 is 2.12 bits per heavy atom. The second-order valence-electron chi connectivity index (χ2n) is 7.40. The van der Waals surface area contributed by atoms with Crippen LogP contribution in [0.1, 0.15) is 44.6 Å². The van der Waals surface area contributed by atoms with Crippen molar-refractivity contribution in [3.63, 3.8) is 0 Å². The van der Waals surface area contributed by atoms with Gasteiger partial charge in [-0.05, 0) is 32.8 Å². The first-order valence-corrected chi connectivity index (χ1v) is 8.70. The standard InChI is InChI=1S/C19H26N4O2/c1-19(2,3)25-18(24)23-12-9-15(13-23)22-16(17-20-10-11-21-17)14-7-5-4-6-8-14/h4-8,10-11,15-16,22H,9,12-13H2,1-3H3,(H,20,21). The summed E-state index contributed by atoms with van der Waals surface area (Å²) in [5, 5.41) is 3.64. The molecule has 2 aromatic rings. The summed E-state index contributed by atoms with van der Waals surface area (Å²) < 4.78 is 5.47. The number of hydrogen-bond acceptors (Lipinski definition) is 4. The molecular formula is C19H26N4O2. The number of rotatable bonds is 4. The molecule has 3 rings (SSSR count). The molecule has 25 heavy (non-hydrogen) atoms. The summed E-state index contributed by atoms with van der Waals surface area (Å²) in [5.41, 5.74) is 0.678. The number of carbonyl (C=O) groups excluding carboxylic acids is 1. The zero-order valence-electron chi connectivity index (χ0n) is 15.0. The van der Waals surface area contributed by atoms with E-state index in [0.717, 1.165) is 17.8 Å². The van der Waals surface area contributed by atoms with Gasteiger partial charge in [-0.3, -0.25) is 5.32 Å². The number of benzene rings is 1. The van der Waals surface area contributed by atoms with Crippen molar-refractivity contribution in [2.45, 2.75) is 44.9 Å². The van der Waals surface area contributed by atoms with Crippen molar-refractivity contribution in [3.8, 4) is 0 Å². The van der Waals surface area contributed by atoms with Gasteiger partial charge in [-0.2, -0.15) is 0 Å². The van der Waals surface area contributed by atoms with E-state index >= 15 is 0 Å². The molecule has 6 nitrogen and oxygen atoms in total. The molecule has 1 saturated heterocycles. The number of ether oxygens (including phenoxy) is 1. The zero-order valence-corrected chi connectivity index (χ0v) is 15.0. The van der Waals surface area contributed by atoms with E-state index in [-0.39, 0.29) is 18.2 Å². The lowest BCUT2D eigenvalue weighted by Gasteiger charge is -2.25. The number of carbonyl (C=O) groups is 1. The van der Waals surface area contributed by atoms with Crippen LogP contribution in [0.15, 0.2) is 42.7 Å². The molecule has 1 aliphatic heterocycles. The zero-order chi connectivity index (χ0) is 17.9. The smallest absolute Gasteiger partial charge is 0.410 e. The second kappa shape index (κ2) is 7.27. The van der Waals surface area contributed by atoms with Crippen LogP contribution in [-0.4, -0.2) is 45.7 Å². The fraction of sp³-hybridized carbons (Fsp3) is 0.474. The molecule has 2 heterocycles. The molecule has 134 valence electrons. The van der Waals surface area contributed by atoms with Crippen molar-refractivity contribution in [2.75, 3.05) is 13.1 Å². The van der Waals surface area contributed by atoms with E-state index in [1.807, 2.05) is 45.2 Å². The molecule has 1 aromatic carbocycles. The molecule has 0 radical (unpaired) electrons. The maximum Gasteiger partial charge on any atom is 0.410 e. The predicted molar refractivity (Wildman–Crippen MR) is 96.2 cm³/mol. The lowest BCUT2D eigenvalue weighted by Crippen LogP contribution is -2.39. The van der Waals surface area contributed by atoms with Crippen LogP contribution in [0.25, 0.3) is 0 Å². The Bertz CT molecular complexity index is 679. The molecule has 1 aliphatic rings. The van der Waals surface area contributed by atoms with E-state index in [9.17, 15) is 4.79 Å². The lowest BCUT2D eigenvalue weighted by atomic mass is 10.0. The molecule has 0 spiro atoms. The molecule has 0 bridgehead atoms. The fourth-order valence-electron chi connectivity index (χ4n) is 3.04. The van der Waals surface area contributed by atoms with Gasteiger partial charge in [0.05, 0.1) is 6.04 Å². The summed E-state index contributed by atoms with van der Waals surface area (Å²) in [4.78, 5) is 21.6. The highest BCUT2D eigenvalue weighted by Gasteiger charge is 2.31. The third-order valence-corrected chi connectivity index (χ3v) is 4.17. The molecular weight excluding hydrogens is 316 g/mol. The molecule has 1 aromatic heterocycles. The Hall–Kier alpha value is -2.34. The first-order valence-electron chi connectivity index (χ1n) is 8.70. The van der Waals surface area contributed by atoms with E-state index in [0.29, 0.717) is 13.1 Å². The van der Waals surface area contributed by atoms with E-state index < -0.39 is 5.60 Å². The summed E-state index contributed by atoms with van der Waals surface area (Å²) in [7, 11) is 0. The monoisotopic (exact) mass is 342 g/mol. The number of likely N-dealkylation sites (tertiary alicyclic amines) is 1. The summed E-state index contributed by atoms with van der Waals surface area (Å²) in [6.45, 7) is 7.00. The maximum atomic E-state index is 12.2. The Morgan fingerprint density at radius 1 is 1.36 bits per heavy atom. The van der Waals surface area contributed by atoms with Crippen molar-refractivity contribution < 1.29 is 9.53 Å². The van der Waals surface area contributed by atoms with Gasteiger partial charge in [0, 0.05) is 31.5 Å². The van der Waals surface area contributed by atoms with Crippen LogP contribution in [0.2, 0.25) is 0 Å². The van der Waals surface area contributed by atoms with Gasteiger partial charge in [0.2, 0.25) is 0 Å². The quantitative estimate of drug-likeness (QED) is 0.896. The van der Waals surface area contributed by atoms with E-state index in [4.69, 9.17) is 4.74 Å². The number of hydrogen-bond donors (Lipinski definition) is 2. The highest BCUT2D eigenvalue weighted by Crippen LogP contribution is 2.22. The van der Waals surface area contributed by atoms with Crippen molar-refractivity contribution in [3.05, 3.63) is 54.1 Å². The van der Waals surface area contributed by atoms with Crippen molar-refractivity contribution in [1.82, 2.24) is 20.2 Å². The molecule has 1 fully saturated rings. The summed E-state index contributed by atoms with van der Waals surface area (Å²) in [6, 6.07) is 10.4. The fourth-order valence-corrected chi connectivity index (χ4v) is 3.04. The van der Waals surface area contributed by atoms with E-state index in [2.05, 4.69) is 27.4 Å². The Morgan fingerprint density at radius 3 is 2.76 bits per heavy atom. The highest BCUT2D eigenvalue weighted by molar-refractivity contribution is 5.68. The van der Waals surface area contributed by atoms with E-state index in [1.165, 1.54) is 0 Å². The minimum atomic E-state index is -0.469. The SMILES string of the molecule is CC(C)(C)OC(=O)N1CCC(NC(c2ccccc2)c2ncc[nH]2)C1. The van der Waals surface area contributed by atoms with Crippen molar-refractivity contribution in [1.29, 1.82) is 0 Å². The third kappa shape index (κ3) is 4.60. The Balaban J connectivity index is 1.67. The Labute approximate surface area is 148 Å². The number of nitrogens with one attached hydrogen (secondary N) is 2. The van der Waals surface area contributed by atoms with Crippen LogP contribution < -0.4 is 5.32 Å². The molecule has 1 amide bonds. The van der Waals surface area contributed by atoms with Crippen LogP contribution >= 0.6 is 0 Å². The van der Waals surface area contributed by atoms with Gasteiger partial charge in [0.25, 0.3) is 0 Å². The molecule has 2 unspecified atom stereocenters. The largest absolute Gasteiger partial charge is 0.444 e. The van der Waals surface area contributed by atoms with Crippen molar-refractivity contribution >= 4 is 6.09 Å². The highest BCUT2D eigenvalue weighted by atomic mass is 16.6. The van der Waals surface area contributed by atoms with Gasteiger partial charge in [0.1, 0.15) is 11.4 Å². The van der Waals surface area contributed by atoms with Crippen molar-refractivity contribution in [2.24, 2.45) is 0 Å². The third-order valence-electron chi connectivity index (χ3n) is 4.17. The van der Waals surface area contributed by atoms with Gasteiger partial charge in [-0.25, -0.2) is 9.78 Å². The van der Waals surface area contributed by atoms with E-state index in [1.54, 1.807) is 11.1 Å². The summed E-state index contributed by atoms with van der Waals surface area (Å²) in [5.74, 6) is 0.877. The van der Waals surface area contributed by atoms with Crippen LogP contribution in [0.3, 0.4) is 0 Å². The van der Waals surface area contributed by atoms with Gasteiger partial charge >= 0.3 is 6.09 Å². The van der Waals surface area contributed by atoms with Gasteiger partial charge in [0.15, 0.2) is 0 Å². The lowest BCUT2D eigenvalue weighted by molar-refractivity contribution is 0.0290. The maximum absolute atomic E-state index is 12.2.